The van der Waals surface area contributed by atoms with Gasteiger partial charge < -0.3 is 4.90 Å². The summed E-state index contributed by atoms with van der Waals surface area (Å²) < 4.78 is 27.5. The van der Waals surface area contributed by atoms with Crippen molar-refractivity contribution in [1.29, 1.82) is 0 Å². The maximum absolute atomic E-state index is 13.9. The average molecular weight is 528 g/mol. The first kappa shape index (κ1) is 24.3. The molecule has 2 heterocycles. The van der Waals surface area contributed by atoms with Gasteiger partial charge in [0.1, 0.15) is 11.6 Å². The molecule has 5 nitrogen and oxygen atoms in total. The first-order valence-corrected chi connectivity index (χ1v) is 13.2. The number of amidine groups is 1. The molecular weight excluding hydrogens is 504 g/mol. The maximum Gasteiger partial charge on any atom is 0.270 e. The van der Waals surface area contributed by atoms with Gasteiger partial charge in [-0.1, -0.05) is 55.1 Å². The van der Waals surface area contributed by atoms with Crippen molar-refractivity contribution in [2.24, 2.45) is 10.9 Å². The van der Waals surface area contributed by atoms with Crippen molar-refractivity contribution in [2.75, 3.05) is 0 Å². The predicted molar refractivity (Wildman–Crippen MR) is 147 cm³/mol. The van der Waals surface area contributed by atoms with E-state index in [4.69, 9.17) is 4.99 Å². The molecule has 190 valence electrons. The van der Waals surface area contributed by atoms with Gasteiger partial charge in [-0.05, 0) is 71.4 Å². The maximum atomic E-state index is 13.9. The number of nitro benzene ring substituents is 1. The molecule has 0 spiro atoms. The van der Waals surface area contributed by atoms with Crippen molar-refractivity contribution < 1.29 is 13.7 Å². The highest BCUT2D eigenvalue weighted by Gasteiger charge is 2.41. The summed E-state index contributed by atoms with van der Waals surface area (Å²) in [5.74, 6) is -0.261. The third kappa shape index (κ3) is 4.45. The second-order valence-corrected chi connectivity index (χ2v) is 10.6. The fourth-order valence-electron chi connectivity index (χ4n) is 5.38. The lowest BCUT2D eigenvalue weighted by atomic mass is 9.78. The van der Waals surface area contributed by atoms with Gasteiger partial charge in [0.25, 0.3) is 5.69 Å². The third-order valence-electron chi connectivity index (χ3n) is 7.03. The van der Waals surface area contributed by atoms with Crippen molar-refractivity contribution in [3.05, 3.63) is 133 Å². The Labute approximate surface area is 223 Å². The second kappa shape index (κ2) is 9.68. The molecule has 3 aliphatic rings. The fraction of sp³-hybridized carbons (Fsp3) is 0.167. The molecule has 1 aliphatic carbocycles. The van der Waals surface area contributed by atoms with Gasteiger partial charge in [-0.15, -0.1) is 0 Å². The van der Waals surface area contributed by atoms with Crippen LogP contribution in [0.2, 0.25) is 0 Å². The van der Waals surface area contributed by atoms with E-state index in [1.165, 1.54) is 42.1 Å². The van der Waals surface area contributed by atoms with E-state index in [1.807, 2.05) is 11.5 Å². The van der Waals surface area contributed by atoms with E-state index in [0.29, 0.717) is 5.92 Å². The van der Waals surface area contributed by atoms with Crippen LogP contribution in [0.5, 0.6) is 0 Å². The Bertz CT molecular complexity index is 1560. The summed E-state index contributed by atoms with van der Waals surface area (Å²) in [5.41, 5.74) is 6.48. The molecule has 2 atom stereocenters. The number of fused-ring (bicyclic) bond motifs is 1. The number of halogens is 2. The fourth-order valence-corrected chi connectivity index (χ4v) is 6.31. The van der Waals surface area contributed by atoms with Gasteiger partial charge in [-0.3, -0.25) is 10.1 Å². The van der Waals surface area contributed by atoms with Gasteiger partial charge in [0.05, 0.1) is 22.4 Å². The molecule has 0 aromatic heterocycles. The molecular formula is C30H23F2N3O2S. The van der Waals surface area contributed by atoms with Crippen molar-refractivity contribution >= 4 is 34.4 Å². The molecule has 0 fully saturated rings. The van der Waals surface area contributed by atoms with E-state index in [2.05, 4.69) is 17.9 Å². The van der Waals surface area contributed by atoms with E-state index in [0.717, 1.165) is 57.2 Å². The summed E-state index contributed by atoms with van der Waals surface area (Å²) in [6.45, 7) is 2.19. The van der Waals surface area contributed by atoms with Crippen LogP contribution >= 0.6 is 11.8 Å². The third-order valence-corrected chi connectivity index (χ3v) is 7.87. The lowest BCUT2D eigenvalue weighted by molar-refractivity contribution is -0.384. The summed E-state index contributed by atoms with van der Waals surface area (Å²) in [6.07, 6.45) is 3.71. The Morgan fingerprint density at radius 3 is 2.45 bits per heavy atom. The van der Waals surface area contributed by atoms with E-state index in [1.54, 1.807) is 36.4 Å². The summed E-state index contributed by atoms with van der Waals surface area (Å²) in [6, 6.07) is 19.3. The number of non-ortho nitro benzene ring substituents is 1. The van der Waals surface area contributed by atoms with Gasteiger partial charge in [-0.2, -0.15) is 0 Å². The zero-order chi connectivity index (χ0) is 26.4. The summed E-state index contributed by atoms with van der Waals surface area (Å²) in [4.78, 5) is 18.3. The van der Waals surface area contributed by atoms with Gasteiger partial charge >= 0.3 is 0 Å². The molecule has 0 saturated carbocycles. The number of hydrogen-bond acceptors (Lipinski definition) is 5. The minimum absolute atomic E-state index is 0.0184. The molecule has 0 saturated heterocycles. The summed E-state index contributed by atoms with van der Waals surface area (Å²) in [5, 5.41) is 14.2. The average Bonchev–Trinajstić information content (AvgIpc) is 3.33. The van der Waals surface area contributed by atoms with Crippen LogP contribution in [-0.2, 0) is 0 Å². The van der Waals surface area contributed by atoms with Crippen LogP contribution in [-0.4, -0.2) is 15.0 Å². The monoisotopic (exact) mass is 527 g/mol. The number of nitrogens with zero attached hydrogens (tertiary/aromatic N) is 3. The van der Waals surface area contributed by atoms with Crippen LogP contribution in [0, 0.1) is 27.7 Å². The highest BCUT2D eigenvalue weighted by molar-refractivity contribution is 8.16. The largest absolute Gasteiger partial charge is 0.308 e. The summed E-state index contributed by atoms with van der Waals surface area (Å²) in [7, 11) is 0. The highest BCUT2D eigenvalue weighted by Crippen LogP contribution is 2.52. The van der Waals surface area contributed by atoms with Gasteiger partial charge in [0, 0.05) is 23.1 Å². The van der Waals surface area contributed by atoms with Crippen LogP contribution in [0.15, 0.2) is 100 Å². The molecule has 8 heteroatoms. The number of hydrogen-bond donors (Lipinski definition) is 0. The van der Waals surface area contributed by atoms with Crippen LogP contribution in [0.1, 0.15) is 42.5 Å². The van der Waals surface area contributed by atoms with Crippen LogP contribution < -0.4 is 0 Å². The van der Waals surface area contributed by atoms with Crippen molar-refractivity contribution in [2.45, 2.75) is 25.8 Å². The first-order valence-electron chi connectivity index (χ1n) is 12.3. The van der Waals surface area contributed by atoms with E-state index in [9.17, 15) is 18.9 Å². The lowest BCUT2D eigenvalue weighted by Gasteiger charge is -2.41. The minimum atomic E-state index is -0.398. The Morgan fingerprint density at radius 2 is 1.74 bits per heavy atom. The van der Waals surface area contributed by atoms with Crippen LogP contribution in [0.3, 0.4) is 0 Å². The quantitative estimate of drug-likeness (QED) is 0.254. The molecule has 38 heavy (non-hydrogen) atoms. The minimum Gasteiger partial charge on any atom is -0.308 e. The molecule has 0 amide bonds. The number of rotatable bonds is 4. The van der Waals surface area contributed by atoms with E-state index < -0.39 is 4.92 Å². The molecule has 0 unspecified atom stereocenters. The van der Waals surface area contributed by atoms with Crippen molar-refractivity contribution in [3.8, 4) is 0 Å². The molecule has 6 rings (SSSR count). The Kier molecular flexibility index (Phi) is 6.19. The summed E-state index contributed by atoms with van der Waals surface area (Å²) >= 11 is 1.47. The van der Waals surface area contributed by atoms with Crippen LogP contribution in [0.25, 0.3) is 11.8 Å². The van der Waals surface area contributed by atoms with E-state index in [-0.39, 0.29) is 23.4 Å². The van der Waals surface area contributed by atoms with E-state index >= 15 is 0 Å². The molecule has 0 bridgehead atoms. The lowest BCUT2D eigenvalue weighted by Crippen LogP contribution is -2.35. The van der Waals surface area contributed by atoms with Crippen molar-refractivity contribution in [3.63, 3.8) is 0 Å². The smallest absolute Gasteiger partial charge is 0.270 e. The van der Waals surface area contributed by atoms with Crippen molar-refractivity contribution in [1.82, 2.24) is 4.90 Å². The number of nitro groups is 1. The molecule has 3 aromatic rings. The highest BCUT2D eigenvalue weighted by atomic mass is 32.2. The Balaban J connectivity index is 1.50. The predicted octanol–water partition coefficient (Wildman–Crippen LogP) is 8.10. The molecule has 0 radical (unpaired) electrons. The standard InChI is InChI=1S/C30H23F2N3O2S/c1-18-13-22(15-19-5-9-23(31)10-6-19)28-26(14-18)29(20-7-11-24(32)12-8-20)34-27(17-38-30(34)33-28)21-3-2-4-25(16-21)35(36)37/h2-12,15-18,29H,13-14H2,1H3/b22-15+/t18-,29-/m1/s1. The van der Waals surface area contributed by atoms with Gasteiger partial charge in [0.2, 0.25) is 0 Å². The number of allylic oxidation sites excluding steroid dienone is 1. The normalized spacial score (nSPS) is 21.7. The number of thioether (sulfide) groups is 1. The zero-order valence-corrected chi connectivity index (χ0v) is 21.3. The van der Waals surface area contributed by atoms with Crippen LogP contribution in [0.4, 0.5) is 14.5 Å². The topological polar surface area (TPSA) is 58.7 Å². The molecule has 0 N–H and O–H groups in total. The second-order valence-electron chi connectivity index (χ2n) is 9.76. The SMILES string of the molecule is C[C@H]1CC2=C(N=C3SC=C(c4cccc([N+](=O)[O-])c4)N3[C@@H]2c2ccc(F)cc2)/C(=C/c2ccc(F)cc2)C1. The molecule has 3 aromatic carbocycles. The Hall–Kier alpha value is -4.04. The van der Waals surface area contributed by atoms with Gasteiger partial charge in [-0.25, -0.2) is 13.8 Å². The number of benzene rings is 3. The van der Waals surface area contributed by atoms with Gasteiger partial charge in [0.15, 0.2) is 5.17 Å². The molecule has 2 aliphatic heterocycles. The number of aliphatic imine (C=N–C) groups is 1. The zero-order valence-electron chi connectivity index (χ0n) is 20.5. The Morgan fingerprint density at radius 1 is 1.03 bits per heavy atom. The first-order chi connectivity index (χ1) is 18.4.